The van der Waals surface area contributed by atoms with E-state index in [1.54, 1.807) is 11.3 Å². The van der Waals surface area contributed by atoms with Crippen molar-refractivity contribution in [2.24, 2.45) is 0 Å². The summed E-state index contributed by atoms with van der Waals surface area (Å²) in [5.41, 5.74) is 1.21. The Bertz CT molecular complexity index is 265. The molecule has 1 N–H and O–H groups in total. The van der Waals surface area contributed by atoms with Crippen molar-refractivity contribution in [2.75, 3.05) is 13.2 Å². The Morgan fingerprint density at radius 1 is 1.38 bits per heavy atom. The molecule has 1 rings (SSSR count). The third-order valence-corrected chi connectivity index (χ3v) is 2.92. The van der Waals surface area contributed by atoms with E-state index < -0.39 is 19.1 Å². The number of thiophene rings is 1. The molecule has 0 saturated carbocycles. The topological polar surface area (TPSA) is 29.5 Å². The molecule has 0 radical (unpaired) electrons. The van der Waals surface area contributed by atoms with Crippen LogP contribution in [0.3, 0.4) is 0 Å². The largest absolute Gasteiger partial charge is 0.393 e. The average molecular weight is 250 g/mol. The first-order valence-corrected chi connectivity index (χ1v) is 6.18. The van der Waals surface area contributed by atoms with Crippen LogP contribution in [0.15, 0.2) is 16.8 Å². The monoisotopic (exact) mass is 250 g/mol. The van der Waals surface area contributed by atoms with E-state index in [1.165, 1.54) is 5.56 Å². The van der Waals surface area contributed by atoms with Gasteiger partial charge in [0, 0.05) is 6.61 Å². The van der Waals surface area contributed by atoms with Crippen LogP contribution in [0.2, 0.25) is 0 Å². The van der Waals surface area contributed by atoms with Crippen molar-refractivity contribution < 1.29 is 18.6 Å². The smallest absolute Gasteiger partial charge is 0.261 e. The molecule has 16 heavy (non-hydrogen) atoms. The van der Waals surface area contributed by atoms with Gasteiger partial charge >= 0.3 is 0 Å². The number of aliphatic hydroxyl groups excluding tert-OH is 1. The highest BCUT2D eigenvalue weighted by atomic mass is 32.1. The maximum Gasteiger partial charge on any atom is 0.261 e. The van der Waals surface area contributed by atoms with Gasteiger partial charge in [0.05, 0.1) is 6.10 Å². The summed E-state index contributed by atoms with van der Waals surface area (Å²) in [5, 5.41) is 13.6. The van der Waals surface area contributed by atoms with Crippen molar-refractivity contribution >= 4 is 11.3 Å². The predicted octanol–water partition coefficient (Wildman–Crippen LogP) is 2.71. The molecule has 0 amide bonds. The Balaban J connectivity index is 2.00. The highest BCUT2D eigenvalue weighted by Crippen LogP contribution is 2.11. The minimum absolute atomic E-state index is 0.190. The summed E-state index contributed by atoms with van der Waals surface area (Å²) in [6, 6.07) is 2.02. The normalized spacial score (nSPS) is 13.2. The Kier molecular flexibility index (Phi) is 6.52. The zero-order chi connectivity index (χ0) is 11.8. The van der Waals surface area contributed by atoms with Crippen LogP contribution in [0.4, 0.5) is 8.78 Å². The Hall–Kier alpha value is -0.520. The molecule has 0 aromatic carbocycles. The zero-order valence-electron chi connectivity index (χ0n) is 8.94. The summed E-state index contributed by atoms with van der Waals surface area (Å²) in [6.45, 7) is -0.355. The fraction of sp³-hybridized carbons (Fsp3) is 0.636. The van der Waals surface area contributed by atoms with Crippen molar-refractivity contribution in [1.29, 1.82) is 0 Å². The average Bonchev–Trinajstić information content (AvgIpc) is 2.74. The highest BCUT2D eigenvalue weighted by Gasteiger charge is 2.06. The van der Waals surface area contributed by atoms with E-state index >= 15 is 0 Å². The molecule has 1 atom stereocenters. The summed E-state index contributed by atoms with van der Waals surface area (Å²) >= 11 is 1.63. The molecule has 1 heterocycles. The molecule has 0 saturated heterocycles. The molecule has 92 valence electrons. The van der Waals surface area contributed by atoms with Gasteiger partial charge < -0.3 is 9.84 Å². The second kappa shape index (κ2) is 7.70. The first kappa shape index (κ1) is 13.5. The summed E-state index contributed by atoms with van der Waals surface area (Å²) in [4.78, 5) is 0. The summed E-state index contributed by atoms with van der Waals surface area (Å²) in [5.74, 6) is 0. The van der Waals surface area contributed by atoms with Gasteiger partial charge in [0.2, 0.25) is 0 Å². The first-order valence-electron chi connectivity index (χ1n) is 5.23. The zero-order valence-corrected chi connectivity index (χ0v) is 9.76. The van der Waals surface area contributed by atoms with Gasteiger partial charge in [-0.05, 0) is 41.7 Å². The lowest BCUT2D eigenvalue weighted by Crippen LogP contribution is -2.13. The van der Waals surface area contributed by atoms with Crippen molar-refractivity contribution in [3.8, 4) is 0 Å². The lowest BCUT2D eigenvalue weighted by Gasteiger charge is -2.10. The SMILES string of the molecule is OC(CCOCC(F)F)CCc1ccsc1. The van der Waals surface area contributed by atoms with E-state index in [0.29, 0.717) is 12.8 Å². The van der Waals surface area contributed by atoms with Crippen molar-refractivity contribution in [2.45, 2.75) is 31.8 Å². The molecule has 0 bridgehead atoms. The molecule has 0 spiro atoms. The second-order valence-electron chi connectivity index (χ2n) is 3.58. The number of halogens is 2. The van der Waals surface area contributed by atoms with Gasteiger partial charge in [-0.15, -0.1) is 0 Å². The quantitative estimate of drug-likeness (QED) is 0.719. The van der Waals surface area contributed by atoms with Gasteiger partial charge in [0.25, 0.3) is 6.43 Å². The maximum absolute atomic E-state index is 11.7. The van der Waals surface area contributed by atoms with Gasteiger partial charge in [-0.25, -0.2) is 8.78 Å². The number of alkyl halides is 2. The summed E-state index contributed by atoms with van der Waals surface area (Å²) < 4.78 is 28.1. The number of aliphatic hydroxyl groups is 1. The van der Waals surface area contributed by atoms with Crippen LogP contribution in [0.25, 0.3) is 0 Å². The van der Waals surface area contributed by atoms with Gasteiger partial charge in [-0.1, -0.05) is 0 Å². The summed E-state index contributed by atoms with van der Waals surface area (Å²) in [7, 11) is 0. The van der Waals surface area contributed by atoms with Crippen LogP contribution in [-0.4, -0.2) is 30.8 Å². The van der Waals surface area contributed by atoms with Gasteiger partial charge in [0.1, 0.15) is 6.61 Å². The van der Waals surface area contributed by atoms with E-state index in [2.05, 4.69) is 0 Å². The van der Waals surface area contributed by atoms with E-state index in [4.69, 9.17) is 4.74 Å². The van der Waals surface area contributed by atoms with E-state index in [0.717, 1.165) is 6.42 Å². The number of rotatable bonds is 8. The molecular formula is C11H16F2O2S. The van der Waals surface area contributed by atoms with Crippen molar-refractivity contribution in [3.05, 3.63) is 22.4 Å². The lowest BCUT2D eigenvalue weighted by molar-refractivity contribution is 0.00429. The van der Waals surface area contributed by atoms with E-state index in [1.807, 2.05) is 16.8 Å². The van der Waals surface area contributed by atoms with Crippen molar-refractivity contribution in [1.82, 2.24) is 0 Å². The molecule has 1 aromatic rings. The molecule has 1 aromatic heterocycles. The Morgan fingerprint density at radius 3 is 2.81 bits per heavy atom. The maximum atomic E-state index is 11.7. The fourth-order valence-electron chi connectivity index (χ4n) is 1.30. The second-order valence-corrected chi connectivity index (χ2v) is 4.36. The molecule has 0 aliphatic carbocycles. The van der Waals surface area contributed by atoms with Crippen LogP contribution >= 0.6 is 11.3 Å². The number of hydrogen-bond donors (Lipinski definition) is 1. The van der Waals surface area contributed by atoms with Crippen LogP contribution in [-0.2, 0) is 11.2 Å². The lowest BCUT2D eigenvalue weighted by atomic mass is 10.1. The fourth-order valence-corrected chi connectivity index (χ4v) is 2.01. The van der Waals surface area contributed by atoms with Crippen LogP contribution in [0.5, 0.6) is 0 Å². The van der Waals surface area contributed by atoms with Gasteiger partial charge in [0.15, 0.2) is 0 Å². The number of hydrogen-bond acceptors (Lipinski definition) is 3. The first-order chi connectivity index (χ1) is 7.68. The molecule has 1 unspecified atom stereocenters. The molecule has 2 nitrogen and oxygen atoms in total. The van der Waals surface area contributed by atoms with Crippen LogP contribution in [0.1, 0.15) is 18.4 Å². The molecule has 5 heteroatoms. The number of aryl methyl sites for hydroxylation is 1. The molecular weight excluding hydrogens is 234 g/mol. The Labute approximate surface area is 97.9 Å². The van der Waals surface area contributed by atoms with E-state index in [-0.39, 0.29) is 6.61 Å². The minimum atomic E-state index is -2.43. The van der Waals surface area contributed by atoms with Crippen molar-refractivity contribution in [3.63, 3.8) is 0 Å². The number of ether oxygens (including phenoxy) is 1. The van der Waals surface area contributed by atoms with E-state index in [9.17, 15) is 13.9 Å². The summed E-state index contributed by atoms with van der Waals surface area (Å²) in [6.07, 6.45) is -1.02. The van der Waals surface area contributed by atoms with Crippen LogP contribution < -0.4 is 0 Å². The molecule has 0 aliphatic heterocycles. The van der Waals surface area contributed by atoms with Gasteiger partial charge in [-0.2, -0.15) is 11.3 Å². The third-order valence-electron chi connectivity index (χ3n) is 2.19. The molecule has 0 fully saturated rings. The van der Waals surface area contributed by atoms with Crippen LogP contribution in [0, 0.1) is 0 Å². The predicted molar refractivity (Wildman–Crippen MR) is 60.1 cm³/mol. The highest BCUT2D eigenvalue weighted by molar-refractivity contribution is 7.07. The molecule has 0 aliphatic rings. The third kappa shape index (κ3) is 6.15. The Morgan fingerprint density at radius 2 is 2.19 bits per heavy atom. The standard InChI is InChI=1S/C11H16F2O2S/c12-11(13)7-15-5-3-10(14)2-1-9-4-6-16-8-9/h4,6,8,10-11,14H,1-3,5,7H2. The minimum Gasteiger partial charge on any atom is -0.393 e. The van der Waals surface area contributed by atoms with Gasteiger partial charge in [-0.3, -0.25) is 0 Å².